The van der Waals surface area contributed by atoms with Crippen molar-refractivity contribution < 1.29 is 17.9 Å². The summed E-state index contributed by atoms with van der Waals surface area (Å²) in [5.41, 5.74) is 1.47. The third-order valence-electron chi connectivity index (χ3n) is 5.09. The molecule has 1 aliphatic heterocycles. The first-order valence-electron chi connectivity index (χ1n) is 9.32. The highest BCUT2D eigenvalue weighted by Gasteiger charge is 2.38. The number of benzene rings is 3. The van der Waals surface area contributed by atoms with E-state index in [-0.39, 0.29) is 23.0 Å². The molecule has 1 atom stereocenters. The smallest absolute Gasteiger partial charge is 0.416 e. The summed E-state index contributed by atoms with van der Waals surface area (Å²) in [5, 5.41) is -0.0392. The van der Waals surface area contributed by atoms with Crippen LogP contribution in [-0.2, 0) is 6.18 Å². The topological polar surface area (TPSA) is 12.5 Å². The monoisotopic (exact) mass is 417 g/mol. The average Bonchev–Trinajstić information content (AvgIpc) is 2.70. The van der Waals surface area contributed by atoms with E-state index in [1.165, 1.54) is 6.07 Å². The van der Waals surface area contributed by atoms with Gasteiger partial charge in [-0.25, -0.2) is 0 Å². The largest absolute Gasteiger partial charge is 0.473 e. The molecule has 150 valence electrons. The molecule has 1 fully saturated rings. The van der Waals surface area contributed by atoms with Gasteiger partial charge in [0.1, 0.15) is 5.75 Å². The van der Waals surface area contributed by atoms with Gasteiger partial charge in [-0.3, -0.25) is 4.90 Å². The van der Waals surface area contributed by atoms with Gasteiger partial charge < -0.3 is 4.74 Å². The van der Waals surface area contributed by atoms with Gasteiger partial charge in [-0.15, -0.1) is 0 Å². The molecule has 3 aromatic carbocycles. The van der Waals surface area contributed by atoms with E-state index in [1.54, 1.807) is 0 Å². The van der Waals surface area contributed by atoms with E-state index in [2.05, 4.69) is 29.2 Å². The minimum atomic E-state index is -4.43. The predicted octanol–water partition coefficient (Wildman–Crippen LogP) is 6.56. The zero-order valence-corrected chi connectivity index (χ0v) is 16.2. The molecule has 0 radical (unpaired) electrons. The lowest BCUT2D eigenvalue weighted by atomic mass is 9.94. The molecule has 1 aliphatic rings. The van der Waals surface area contributed by atoms with Crippen LogP contribution in [0.15, 0.2) is 78.9 Å². The van der Waals surface area contributed by atoms with Gasteiger partial charge in [0.25, 0.3) is 0 Å². The highest BCUT2D eigenvalue weighted by Crippen LogP contribution is 2.39. The van der Waals surface area contributed by atoms with Crippen molar-refractivity contribution in [2.24, 2.45) is 0 Å². The SMILES string of the molecule is FC(F)(F)c1ccc(OC2CCN2C(c2ccccc2)c2ccccc2)c(Cl)c1. The van der Waals surface area contributed by atoms with Gasteiger partial charge in [0.05, 0.1) is 16.6 Å². The molecule has 1 unspecified atom stereocenters. The van der Waals surface area contributed by atoms with Crippen molar-refractivity contribution in [3.63, 3.8) is 0 Å². The summed E-state index contributed by atoms with van der Waals surface area (Å²) >= 11 is 6.08. The van der Waals surface area contributed by atoms with E-state index in [9.17, 15) is 13.2 Å². The number of nitrogens with zero attached hydrogens (tertiary/aromatic N) is 1. The molecule has 1 saturated heterocycles. The standard InChI is InChI=1S/C23H19ClF3NO/c24-19-15-18(23(25,26)27)11-12-20(19)29-21-13-14-28(21)22(16-7-3-1-4-8-16)17-9-5-2-6-10-17/h1-12,15,21-22H,13-14H2. The molecule has 1 heterocycles. The van der Waals surface area contributed by atoms with E-state index >= 15 is 0 Å². The molecule has 0 amide bonds. The second-order valence-corrected chi connectivity index (χ2v) is 7.37. The maximum absolute atomic E-state index is 12.9. The number of hydrogen-bond acceptors (Lipinski definition) is 2. The van der Waals surface area contributed by atoms with E-state index in [0.717, 1.165) is 36.2 Å². The van der Waals surface area contributed by atoms with E-state index in [1.807, 2.05) is 36.4 Å². The van der Waals surface area contributed by atoms with E-state index < -0.39 is 11.7 Å². The maximum Gasteiger partial charge on any atom is 0.416 e. The highest BCUT2D eigenvalue weighted by atomic mass is 35.5. The normalized spacial score (nSPS) is 17.2. The Balaban J connectivity index is 1.59. The molecular weight excluding hydrogens is 399 g/mol. The molecule has 2 nitrogen and oxygen atoms in total. The fourth-order valence-electron chi connectivity index (χ4n) is 3.57. The first-order valence-corrected chi connectivity index (χ1v) is 9.70. The van der Waals surface area contributed by atoms with Gasteiger partial charge in [-0.1, -0.05) is 72.3 Å². The van der Waals surface area contributed by atoms with Crippen molar-refractivity contribution >= 4 is 11.6 Å². The number of ether oxygens (including phenoxy) is 1. The third kappa shape index (κ3) is 4.26. The minimum Gasteiger partial charge on any atom is -0.473 e. The quantitative estimate of drug-likeness (QED) is 0.466. The summed E-state index contributed by atoms with van der Waals surface area (Å²) in [6.45, 7) is 0.817. The molecule has 0 bridgehead atoms. The lowest BCUT2D eigenvalue weighted by Crippen LogP contribution is -2.52. The van der Waals surface area contributed by atoms with Crippen LogP contribution in [0.5, 0.6) is 5.75 Å². The lowest BCUT2D eigenvalue weighted by molar-refractivity contribution is -0.137. The van der Waals surface area contributed by atoms with Crippen LogP contribution in [0.2, 0.25) is 5.02 Å². The van der Waals surface area contributed by atoms with Crippen molar-refractivity contribution in [1.29, 1.82) is 0 Å². The Morgan fingerprint density at radius 2 is 1.48 bits per heavy atom. The molecule has 0 saturated carbocycles. The number of alkyl halides is 3. The van der Waals surface area contributed by atoms with Crippen molar-refractivity contribution in [3.05, 3.63) is 101 Å². The van der Waals surface area contributed by atoms with Gasteiger partial charge in [0, 0.05) is 13.0 Å². The average molecular weight is 418 g/mol. The fraction of sp³-hybridized carbons (Fsp3) is 0.217. The van der Waals surface area contributed by atoms with Crippen LogP contribution in [0.4, 0.5) is 13.2 Å². The maximum atomic E-state index is 12.9. The molecule has 6 heteroatoms. The Labute approximate surface area is 172 Å². The van der Waals surface area contributed by atoms with Crippen LogP contribution in [0.1, 0.15) is 29.2 Å². The Hall–Kier alpha value is -2.50. The molecule has 0 aromatic heterocycles. The van der Waals surface area contributed by atoms with Gasteiger partial charge in [0.2, 0.25) is 0 Å². The third-order valence-corrected chi connectivity index (χ3v) is 5.38. The Morgan fingerprint density at radius 1 is 0.897 bits per heavy atom. The molecule has 29 heavy (non-hydrogen) atoms. The molecule has 0 aliphatic carbocycles. The van der Waals surface area contributed by atoms with Crippen LogP contribution in [-0.4, -0.2) is 17.7 Å². The first-order chi connectivity index (χ1) is 13.9. The summed E-state index contributed by atoms with van der Waals surface area (Å²) in [7, 11) is 0. The van der Waals surface area contributed by atoms with Crippen molar-refractivity contribution in [1.82, 2.24) is 4.90 Å². The Morgan fingerprint density at radius 3 is 1.93 bits per heavy atom. The highest BCUT2D eigenvalue weighted by molar-refractivity contribution is 6.32. The number of halogens is 4. The van der Waals surface area contributed by atoms with Crippen LogP contribution in [0.25, 0.3) is 0 Å². The second-order valence-electron chi connectivity index (χ2n) is 6.97. The summed E-state index contributed by atoms with van der Waals surface area (Å²) in [4.78, 5) is 2.19. The summed E-state index contributed by atoms with van der Waals surface area (Å²) < 4.78 is 44.6. The van der Waals surface area contributed by atoms with Crippen molar-refractivity contribution in [2.75, 3.05) is 6.54 Å². The molecule has 0 spiro atoms. The Bertz CT molecular complexity index is 923. The zero-order chi connectivity index (χ0) is 20.4. The molecule has 3 aromatic rings. The molecule has 4 rings (SSSR count). The second kappa shape index (κ2) is 8.09. The first kappa shape index (κ1) is 19.8. The van der Waals surface area contributed by atoms with Gasteiger partial charge >= 0.3 is 6.18 Å². The molecular formula is C23H19ClF3NO. The number of rotatable bonds is 5. The van der Waals surface area contributed by atoms with Gasteiger partial charge in [0.15, 0.2) is 6.23 Å². The van der Waals surface area contributed by atoms with Crippen LogP contribution in [0, 0.1) is 0 Å². The summed E-state index contributed by atoms with van der Waals surface area (Å²) in [6, 6.07) is 23.4. The lowest BCUT2D eigenvalue weighted by Gasteiger charge is -2.46. The minimum absolute atomic E-state index is 0.00984. The van der Waals surface area contributed by atoms with Gasteiger partial charge in [-0.05, 0) is 29.3 Å². The molecule has 0 N–H and O–H groups in total. The number of likely N-dealkylation sites (tertiary alicyclic amines) is 1. The zero-order valence-electron chi connectivity index (χ0n) is 15.4. The number of hydrogen-bond donors (Lipinski definition) is 0. The van der Waals surface area contributed by atoms with Crippen LogP contribution in [0.3, 0.4) is 0 Å². The summed E-state index contributed by atoms with van der Waals surface area (Å²) in [6.07, 6.45) is -3.93. The Kier molecular flexibility index (Phi) is 5.52. The fourth-order valence-corrected chi connectivity index (χ4v) is 3.80. The van der Waals surface area contributed by atoms with E-state index in [4.69, 9.17) is 16.3 Å². The van der Waals surface area contributed by atoms with E-state index in [0.29, 0.717) is 0 Å². The van der Waals surface area contributed by atoms with Crippen LogP contribution < -0.4 is 4.74 Å². The summed E-state index contributed by atoms with van der Waals surface area (Å²) in [5.74, 6) is 0.259. The van der Waals surface area contributed by atoms with Gasteiger partial charge in [-0.2, -0.15) is 13.2 Å². The van der Waals surface area contributed by atoms with Crippen LogP contribution >= 0.6 is 11.6 Å². The van der Waals surface area contributed by atoms with Crippen molar-refractivity contribution in [3.8, 4) is 5.75 Å². The predicted molar refractivity (Wildman–Crippen MR) is 107 cm³/mol. The van der Waals surface area contributed by atoms with Crippen molar-refractivity contribution in [2.45, 2.75) is 24.9 Å².